The highest BCUT2D eigenvalue weighted by Crippen LogP contribution is 2.26. The van der Waals surface area contributed by atoms with E-state index in [0.29, 0.717) is 36.8 Å². The van der Waals surface area contributed by atoms with Crippen molar-refractivity contribution in [3.05, 3.63) is 119 Å². The molecule has 0 radical (unpaired) electrons. The summed E-state index contributed by atoms with van der Waals surface area (Å²) in [6.45, 7) is 6.74. The van der Waals surface area contributed by atoms with Crippen LogP contribution in [0.4, 0.5) is 38.8 Å². The number of ketones is 1. The Morgan fingerprint density at radius 3 is 1.56 bits per heavy atom. The number of piperidine rings is 2. The number of Topliss-reactive ketones (excluding diaryl/α,β-unsaturated/α-hetero) is 1. The van der Waals surface area contributed by atoms with Gasteiger partial charge in [-0.05, 0) is 99.9 Å². The van der Waals surface area contributed by atoms with Crippen LogP contribution in [0.1, 0.15) is 83.7 Å². The fourth-order valence-electron chi connectivity index (χ4n) is 7.06. The number of anilines is 2. The lowest BCUT2D eigenvalue weighted by Crippen LogP contribution is -2.45. The number of likely N-dealkylation sites (tertiary alicyclic amines) is 2. The molecular formula is C45H49F4N9O5. The Balaban J connectivity index is 0.000000210. The minimum Gasteiger partial charge on any atom is -0.415 e. The topological polar surface area (TPSA) is 158 Å². The van der Waals surface area contributed by atoms with E-state index in [1.807, 2.05) is 71.4 Å². The number of aryl methyl sites for hydroxylation is 2. The van der Waals surface area contributed by atoms with Gasteiger partial charge in [-0.2, -0.15) is 17.6 Å². The van der Waals surface area contributed by atoms with Crippen molar-refractivity contribution in [2.24, 2.45) is 0 Å². The van der Waals surface area contributed by atoms with Gasteiger partial charge in [-0.3, -0.25) is 19.4 Å². The molecule has 63 heavy (non-hydrogen) atoms. The van der Waals surface area contributed by atoms with Crippen LogP contribution >= 0.6 is 0 Å². The van der Waals surface area contributed by atoms with Gasteiger partial charge >= 0.3 is 24.9 Å². The summed E-state index contributed by atoms with van der Waals surface area (Å²) in [5.74, 6) is -1.49. The molecule has 0 bridgehead atoms. The Labute approximate surface area is 362 Å². The second-order valence-electron chi connectivity index (χ2n) is 15.2. The van der Waals surface area contributed by atoms with E-state index >= 15 is 0 Å². The van der Waals surface area contributed by atoms with Gasteiger partial charge in [0.15, 0.2) is 5.78 Å². The Morgan fingerprint density at radius 2 is 1.13 bits per heavy atom. The lowest BCUT2D eigenvalue weighted by Gasteiger charge is -2.32. The zero-order valence-corrected chi connectivity index (χ0v) is 35.1. The summed E-state index contributed by atoms with van der Waals surface area (Å²) in [6.07, 6.45) is 0.219. The van der Waals surface area contributed by atoms with Crippen molar-refractivity contribution in [3.8, 4) is 11.5 Å². The monoisotopic (exact) mass is 871 g/mol. The standard InChI is InChI=1S/C23H26F2N4O3.C22H23F2N5O2/c1-16-6-5-7-20(27-16)29(23(32)28-12-3-2-4-13-28)15-17-8-10-18(11-9-17)19(30)14-26-22(31)21(24)25;1-15-6-5-7-18(25-15)29(22(30)28-12-3-2-4-13-28)14-16-8-10-17(11-9-16)20-26-27-21(31-20)19(23)24/h5-11,21H,2-4,12-15H2,1H3,(H,26,31);5-11,19H,2-4,12-14H2,1H3. The molecule has 0 unspecified atom stereocenters. The van der Waals surface area contributed by atoms with E-state index in [2.05, 4.69) is 20.2 Å². The number of hydrogen-bond donors (Lipinski definition) is 1. The molecule has 2 aromatic carbocycles. The number of nitrogens with one attached hydrogen (secondary N) is 1. The van der Waals surface area contributed by atoms with Crippen LogP contribution < -0.4 is 15.1 Å². The molecule has 0 atom stereocenters. The summed E-state index contributed by atoms with van der Waals surface area (Å²) in [5.41, 5.74) is 4.09. The van der Waals surface area contributed by atoms with E-state index < -0.39 is 37.0 Å². The first-order chi connectivity index (χ1) is 30.4. The first kappa shape index (κ1) is 45.8. The van der Waals surface area contributed by atoms with Gasteiger partial charge in [-0.25, -0.2) is 19.6 Å². The molecule has 7 rings (SSSR count). The van der Waals surface area contributed by atoms with Crippen molar-refractivity contribution in [2.45, 2.75) is 78.3 Å². The van der Waals surface area contributed by atoms with Crippen LogP contribution in [-0.2, 0) is 17.9 Å². The summed E-state index contributed by atoms with van der Waals surface area (Å²) in [6, 6.07) is 24.5. The predicted molar refractivity (Wildman–Crippen MR) is 226 cm³/mol. The SMILES string of the molecule is Cc1cccc(N(Cc2ccc(-c3nnc(C(F)F)o3)cc2)C(=O)N2CCCCC2)n1.Cc1cccc(N(Cc2ccc(C(=O)CNC(=O)C(F)F)cc2)C(=O)N2CCCCC2)n1. The fourth-order valence-corrected chi connectivity index (χ4v) is 7.06. The number of benzene rings is 2. The van der Waals surface area contributed by atoms with Gasteiger partial charge in [0.05, 0.1) is 19.6 Å². The Kier molecular flexibility index (Phi) is 15.9. The molecule has 0 spiro atoms. The molecule has 0 aliphatic carbocycles. The Hall–Kier alpha value is -6.72. The summed E-state index contributed by atoms with van der Waals surface area (Å²) >= 11 is 0. The summed E-state index contributed by atoms with van der Waals surface area (Å²) in [5, 5.41) is 8.92. The third-order valence-corrected chi connectivity index (χ3v) is 10.4. The molecule has 18 heteroatoms. The Morgan fingerprint density at radius 1 is 0.651 bits per heavy atom. The first-order valence-electron chi connectivity index (χ1n) is 20.8. The highest BCUT2D eigenvalue weighted by molar-refractivity contribution is 5.99. The van der Waals surface area contributed by atoms with E-state index in [9.17, 15) is 36.7 Å². The van der Waals surface area contributed by atoms with Gasteiger partial charge in [-0.15, -0.1) is 10.2 Å². The van der Waals surface area contributed by atoms with Crippen LogP contribution in [0.15, 0.2) is 89.3 Å². The second kappa shape index (κ2) is 21.9. The summed E-state index contributed by atoms with van der Waals surface area (Å²) in [7, 11) is 0. The Bertz CT molecular complexity index is 2320. The van der Waals surface area contributed by atoms with E-state index in [4.69, 9.17) is 4.42 Å². The number of nitrogens with zero attached hydrogens (tertiary/aromatic N) is 8. The number of carbonyl (C=O) groups is 4. The van der Waals surface area contributed by atoms with Gasteiger partial charge in [0.1, 0.15) is 11.6 Å². The van der Waals surface area contributed by atoms with Crippen LogP contribution in [0, 0.1) is 13.8 Å². The number of rotatable bonds is 12. The number of amides is 5. The second-order valence-corrected chi connectivity index (χ2v) is 15.2. The van der Waals surface area contributed by atoms with Crippen LogP contribution in [-0.4, -0.2) is 92.9 Å². The van der Waals surface area contributed by atoms with Crippen LogP contribution in [0.5, 0.6) is 0 Å². The minimum atomic E-state index is -3.16. The van der Waals surface area contributed by atoms with Crippen molar-refractivity contribution in [1.29, 1.82) is 0 Å². The molecule has 2 saturated heterocycles. The number of halogens is 4. The quantitative estimate of drug-likeness (QED) is 0.0958. The number of urea groups is 2. The molecule has 2 fully saturated rings. The predicted octanol–water partition coefficient (Wildman–Crippen LogP) is 8.56. The third-order valence-electron chi connectivity index (χ3n) is 10.4. The van der Waals surface area contributed by atoms with Crippen LogP contribution in [0.25, 0.3) is 11.5 Å². The van der Waals surface area contributed by atoms with Gasteiger partial charge in [0, 0.05) is 48.7 Å². The maximum absolute atomic E-state index is 13.3. The van der Waals surface area contributed by atoms with Crippen molar-refractivity contribution in [2.75, 3.05) is 42.5 Å². The molecule has 3 aromatic heterocycles. The van der Waals surface area contributed by atoms with Crippen molar-refractivity contribution >= 4 is 35.4 Å². The molecule has 5 heterocycles. The van der Waals surface area contributed by atoms with Crippen molar-refractivity contribution < 1.29 is 41.2 Å². The van der Waals surface area contributed by atoms with Gasteiger partial charge in [0.2, 0.25) is 5.89 Å². The largest absolute Gasteiger partial charge is 0.415 e. The molecule has 14 nitrogen and oxygen atoms in total. The molecule has 5 amide bonds. The van der Waals surface area contributed by atoms with Gasteiger partial charge < -0.3 is 19.5 Å². The molecule has 5 aromatic rings. The maximum Gasteiger partial charge on any atom is 0.325 e. The van der Waals surface area contributed by atoms with Gasteiger partial charge in [0.25, 0.3) is 11.8 Å². The number of pyridine rings is 2. The van der Waals surface area contributed by atoms with E-state index in [1.165, 1.54) is 0 Å². The molecular weight excluding hydrogens is 823 g/mol. The maximum atomic E-state index is 13.3. The zero-order chi connectivity index (χ0) is 44.9. The van der Waals surface area contributed by atoms with Crippen molar-refractivity contribution in [3.63, 3.8) is 0 Å². The number of aromatic nitrogens is 4. The number of hydrogen-bond acceptors (Lipinski definition) is 9. The average molecular weight is 872 g/mol. The summed E-state index contributed by atoms with van der Waals surface area (Å²) in [4.78, 5) is 65.7. The van der Waals surface area contributed by atoms with Crippen LogP contribution in [0.2, 0.25) is 0 Å². The lowest BCUT2D eigenvalue weighted by molar-refractivity contribution is -0.131. The molecule has 0 saturated carbocycles. The summed E-state index contributed by atoms with van der Waals surface area (Å²) < 4.78 is 54.9. The average Bonchev–Trinajstić information content (AvgIpc) is 3.81. The van der Waals surface area contributed by atoms with Crippen molar-refractivity contribution in [1.82, 2.24) is 35.3 Å². The van der Waals surface area contributed by atoms with E-state index in [-0.39, 0.29) is 30.1 Å². The van der Waals surface area contributed by atoms with Crippen LogP contribution in [0.3, 0.4) is 0 Å². The first-order valence-corrected chi connectivity index (χ1v) is 20.8. The normalized spacial score (nSPS) is 13.9. The number of carbonyl (C=O) groups excluding carboxylic acids is 4. The molecule has 2 aliphatic heterocycles. The third kappa shape index (κ3) is 12.7. The van der Waals surface area contributed by atoms with Gasteiger partial charge in [-0.1, -0.05) is 48.5 Å². The molecule has 1 N–H and O–H groups in total. The highest BCUT2D eigenvalue weighted by atomic mass is 19.3. The van der Waals surface area contributed by atoms with E-state index in [1.54, 1.807) is 52.3 Å². The lowest BCUT2D eigenvalue weighted by atomic mass is 10.1. The fraction of sp³-hybridized carbons (Fsp3) is 0.378. The number of alkyl halides is 4. The highest BCUT2D eigenvalue weighted by Gasteiger charge is 2.27. The zero-order valence-electron chi connectivity index (χ0n) is 35.1. The minimum absolute atomic E-state index is 0.0310. The molecule has 2 aliphatic rings. The molecule has 332 valence electrons. The van der Waals surface area contributed by atoms with E-state index in [0.717, 1.165) is 74.1 Å². The smallest absolute Gasteiger partial charge is 0.325 e.